The van der Waals surface area contributed by atoms with Gasteiger partial charge in [0.2, 0.25) is 17.7 Å². The molecule has 0 aromatic heterocycles. The molecule has 1 fully saturated rings. The molecule has 3 rings (SSSR count). The highest BCUT2D eigenvalue weighted by molar-refractivity contribution is 6.04. The summed E-state index contributed by atoms with van der Waals surface area (Å²) in [7, 11) is 0. The Kier molecular flexibility index (Phi) is 6.46. The standard InChI is InChI=1S/C22H23N3O5/c1-3-30-22(29)15-6-4-7-17(10-15)24-21(28)16-11-20(27)25(13-16)19-9-5-8-18(12-19)23-14(2)26/h4-10,12,16H,3,11,13H2,1-2H3,(H,23,26)(H,24,28)/t16-/m0/s1. The van der Waals surface area contributed by atoms with E-state index in [-0.39, 0.29) is 37.3 Å². The number of carbonyl (C=O) groups excluding carboxylic acids is 4. The van der Waals surface area contributed by atoms with Gasteiger partial charge >= 0.3 is 5.97 Å². The molecule has 1 heterocycles. The van der Waals surface area contributed by atoms with Crippen LogP contribution in [-0.2, 0) is 19.1 Å². The highest BCUT2D eigenvalue weighted by atomic mass is 16.5. The number of rotatable bonds is 6. The summed E-state index contributed by atoms with van der Waals surface area (Å²) < 4.78 is 4.97. The van der Waals surface area contributed by atoms with Gasteiger partial charge in [0.1, 0.15) is 0 Å². The third-order valence-electron chi connectivity index (χ3n) is 4.62. The Morgan fingerprint density at radius 1 is 1.07 bits per heavy atom. The van der Waals surface area contributed by atoms with Crippen LogP contribution in [0.1, 0.15) is 30.6 Å². The van der Waals surface area contributed by atoms with E-state index >= 15 is 0 Å². The van der Waals surface area contributed by atoms with Crippen LogP contribution in [-0.4, -0.2) is 36.8 Å². The summed E-state index contributed by atoms with van der Waals surface area (Å²) in [5.41, 5.74) is 2.00. The summed E-state index contributed by atoms with van der Waals surface area (Å²) in [5, 5.41) is 5.45. The largest absolute Gasteiger partial charge is 0.462 e. The van der Waals surface area contributed by atoms with Crippen LogP contribution in [0.3, 0.4) is 0 Å². The molecule has 0 saturated carbocycles. The number of hydrogen-bond donors (Lipinski definition) is 2. The van der Waals surface area contributed by atoms with Crippen LogP contribution in [0.25, 0.3) is 0 Å². The molecule has 1 aliphatic rings. The Labute approximate surface area is 174 Å². The smallest absolute Gasteiger partial charge is 0.338 e. The van der Waals surface area contributed by atoms with Crippen LogP contribution in [0.4, 0.5) is 17.1 Å². The van der Waals surface area contributed by atoms with Crippen LogP contribution in [0.2, 0.25) is 0 Å². The summed E-state index contributed by atoms with van der Waals surface area (Å²) >= 11 is 0. The lowest BCUT2D eigenvalue weighted by atomic mass is 10.1. The van der Waals surface area contributed by atoms with Gasteiger partial charge in [-0.25, -0.2) is 4.79 Å². The van der Waals surface area contributed by atoms with Crippen molar-refractivity contribution < 1.29 is 23.9 Å². The molecule has 3 amide bonds. The van der Waals surface area contributed by atoms with Crippen molar-refractivity contribution in [2.75, 3.05) is 28.7 Å². The predicted molar refractivity (Wildman–Crippen MR) is 112 cm³/mol. The Hall–Kier alpha value is -3.68. The Morgan fingerprint density at radius 3 is 2.47 bits per heavy atom. The molecule has 8 nitrogen and oxygen atoms in total. The number of carbonyl (C=O) groups is 4. The number of anilines is 3. The first-order valence-corrected chi connectivity index (χ1v) is 9.63. The van der Waals surface area contributed by atoms with E-state index < -0.39 is 11.9 Å². The third kappa shape index (κ3) is 5.02. The number of nitrogens with zero attached hydrogens (tertiary/aromatic N) is 1. The average Bonchev–Trinajstić information content (AvgIpc) is 3.10. The van der Waals surface area contributed by atoms with Crippen molar-refractivity contribution in [3.8, 4) is 0 Å². The van der Waals surface area contributed by atoms with Crippen LogP contribution >= 0.6 is 0 Å². The van der Waals surface area contributed by atoms with Crippen molar-refractivity contribution in [1.29, 1.82) is 0 Å². The lowest BCUT2D eigenvalue weighted by Gasteiger charge is -2.18. The maximum absolute atomic E-state index is 12.7. The average molecular weight is 409 g/mol. The van der Waals surface area contributed by atoms with E-state index in [1.807, 2.05) is 0 Å². The van der Waals surface area contributed by atoms with Crippen molar-refractivity contribution >= 4 is 40.8 Å². The summed E-state index contributed by atoms with van der Waals surface area (Å²) in [6.07, 6.45) is 0.0771. The van der Waals surface area contributed by atoms with Crippen molar-refractivity contribution in [3.05, 3.63) is 54.1 Å². The second-order valence-corrected chi connectivity index (χ2v) is 6.93. The number of benzene rings is 2. The minimum absolute atomic E-state index is 0.0771. The maximum atomic E-state index is 12.7. The molecule has 0 spiro atoms. The van der Waals surface area contributed by atoms with Gasteiger partial charge in [-0.2, -0.15) is 0 Å². The second-order valence-electron chi connectivity index (χ2n) is 6.93. The molecule has 1 aliphatic heterocycles. The highest BCUT2D eigenvalue weighted by Crippen LogP contribution is 2.28. The number of esters is 1. The molecule has 2 N–H and O–H groups in total. The summed E-state index contributed by atoms with van der Waals surface area (Å²) in [4.78, 5) is 49.8. The molecule has 1 saturated heterocycles. The van der Waals surface area contributed by atoms with Crippen LogP contribution in [0, 0.1) is 5.92 Å². The van der Waals surface area contributed by atoms with Gasteiger partial charge < -0.3 is 20.3 Å². The molecule has 30 heavy (non-hydrogen) atoms. The zero-order chi connectivity index (χ0) is 21.7. The van der Waals surface area contributed by atoms with Crippen LogP contribution in [0.5, 0.6) is 0 Å². The minimum Gasteiger partial charge on any atom is -0.462 e. The number of nitrogens with one attached hydrogen (secondary N) is 2. The molecular formula is C22H23N3O5. The minimum atomic E-state index is -0.534. The molecule has 0 unspecified atom stereocenters. The first kappa shape index (κ1) is 21.0. The van der Waals surface area contributed by atoms with E-state index in [1.54, 1.807) is 55.5 Å². The molecule has 156 valence electrons. The van der Waals surface area contributed by atoms with Gasteiger partial charge in [0, 0.05) is 37.0 Å². The molecule has 0 radical (unpaired) electrons. The molecule has 2 aromatic rings. The summed E-state index contributed by atoms with van der Waals surface area (Å²) in [6, 6.07) is 13.4. The monoisotopic (exact) mass is 409 g/mol. The van der Waals surface area contributed by atoms with Gasteiger partial charge in [-0.15, -0.1) is 0 Å². The van der Waals surface area contributed by atoms with E-state index in [9.17, 15) is 19.2 Å². The normalized spacial score (nSPS) is 15.6. The van der Waals surface area contributed by atoms with Gasteiger partial charge in [0.15, 0.2) is 0 Å². The Balaban J connectivity index is 1.68. The summed E-state index contributed by atoms with van der Waals surface area (Å²) in [5.74, 6) is -1.68. The number of ether oxygens (including phenoxy) is 1. The van der Waals surface area contributed by atoms with Gasteiger partial charge in [0.05, 0.1) is 18.1 Å². The SMILES string of the molecule is CCOC(=O)c1cccc(NC(=O)[C@H]2CC(=O)N(c3cccc(NC(C)=O)c3)C2)c1. The first-order valence-electron chi connectivity index (χ1n) is 9.63. The van der Waals surface area contributed by atoms with Crippen LogP contribution < -0.4 is 15.5 Å². The topological polar surface area (TPSA) is 105 Å². The zero-order valence-electron chi connectivity index (χ0n) is 16.8. The van der Waals surface area contributed by atoms with E-state index in [2.05, 4.69) is 10.6 Å². The third-order valence-corrected chi connectivity index (χ3v) is 4.62. The van der Waals surface area contributed by atoms with Crippen LogP contribution in [0.15, 0.2) is 48.5 Å². The van der Waals surface area contributed by atoms with Crippen molar-refractivity contribution in [3.63, 3.8) is 0 Å². The fraction of sp³-hybridized carbons (Fsp3) is 0.273. The van der Waals surface area contributed by atoms with E-state index in [0.717, 1.165) is 0 Å². The van der Waals surface area contributed by atoms with E-state index in [1.165, 1.54) is 11.8 Å². The highest BCUT2D eigenvalue weighted by Gasteiger charge is 2.35. The molecule has 0 aliphatic carbocycles. The lowest BCUT2D eigenvalue weighted by molar-refractivity contribution is -0.122. The van der Waals surface area contributed by atoms with Gasteiger partial charge in [0.25, 0.3) is 0 Å². The predicted octanol–water partition coefficient (Wildman–Crippen LogP) is 2.81. The fourth-order valence-electron chi connectivity index (χ4n) is 3.27. The van der Waals surface area contributed by atoms with Crippen molar-refractivity contribution in [1.82, 2.24) is 0 Å². The van der Waals surface area contributed by atoms with Crippen molar-refractivity contribution in [2.45, 2.75) is 20.3 Å². The molecule has 1 atom stereocenters. The van der Waals surface area contributed by atoms with Gasteiger partial charge in [-0.1, -0.05) is 12.1 Å². The molecule has 2 aromatic carbocycles. The molecular weight excluding hydrogens is 386 g/mol. The number of amides is 3. The van der Waals surface area contributed by atoms with Crippen molar-refractivity contribution in [2.24, 2.45) is 5.92 Å². The lowest BCUT2D eigenvalue weighted by Crippen LogP contribution is -2.28. The summed E-state index contributed by atoms with van der Waals surface area (Å²) in [6.45, 7) is 3.62. The second kappa shape index (κ2) is 9.21. The van der Waals surface area contributed by atoms with E-state index in [4.69, 9.17) is 4.74 Å². The maximum Gasteiger partial charge on any atom is 0.338 e. The number of hydrogen-bond acceptors (Lipinski definition) is 5. The fourth-order valence-corrected chi connectivity index (χ4v) is 3.27. The Morgan fingerprint density at radius 2 is 1.77 bits per heavy atom. The Bertz CT molecular complexity index is 988. The van der Waals surface area contributed by atoms with Gasteiger partial charge in [-0.05, 0) is 43.3 Å². The van der Waals surface area contributed by atoms with E-state index in [0.29, 0.717) is 22.6 Å². The zero-order valence-corrected chi connectivity index (χ0v) is 16.8. The molecule has 0 bridgehead atoms. The quantitative estimate of drug-likeness (QED) is 0.714. The first-order chi connectivity index (χ1) is 14.4. The van der Waals surface area contributed by atoms with Gasteiger partial charge in [-0.3, -0.25) is 14.4 Å². The molecule has 8 heteroatoms.